The van der Waals surface area contributed by atoms with E-state index in [4.69, 9.17) is 5.11 Å². The van der Waals surface area contributed by atoms with Crippen LogP contribution in [0, 0.1) is 0 Å². The number of carbonyl (C=O) groups is 3. The predicted octanol–water partition coefficient (Wildman–Crippen LogP) is 1.65. The van der Waals surface area contributed by atoms with E-state index in [1.807, 2.05) is 30.3 Å². The molecule has 0 bridgehead atoms. The highest BCUT2D eigenvalue weighted by Gasteiger charge is 2.31. The lowest BCUT2D eigenvalue weighted by Gasteiger charge is -2.16. The normalized spacial score (nSPS) is 13.5. The number of hydrogen-bond donors (Lipinski definition) is 4. The van der Waals surface area contributed by atoms with Gasteiger partial charge >= 0.3 is 5.97 Å². The fourth-order valence-corrected chi connectivity index (χ4v) is 2.78. The first-order valence-corrected chi connectivity index (χ1v) is 8.60. The Bertz CT molecular complexity index is 940. The second-order valence-electron chi connectivity index (χ2n) is 6.11. The summed E-state index contributed by atoms with van der Waals surface area (Å²) in [5, 5.41) is 24.3. The van der Waals surface area contributed by atoms with Gasteiger partial charge in [-0.05, 0) is 23.8 Å². The molecule has 3 rings (SSSR count). The number of carboxylic acids is 1. The topological polar surface area (TPSA) is 119 Å². The van der Waals surface area contributed by atoms with Crippen molar-refractivity contribution in [3.63, 3.8) is 0 Å². The Hall–Kier alpha value is -3.65. The molecule has 2 amide bonds. The standard InChI is InChI=1S/C20H19N3O5/c24-9-8-23-18(25)11-17(19(23)26)22-16-10-14(20(27)28)6-7-15(16)21-12-13-4-2-1-3-5-13/h1-7,10-11,21-22,24H,8-9,12H2,(H,27,28). The van der Waals surface area contributed by atoms with Crippen LogP contribution in [0.3, 0.4) is 0 Å². The number of aliphatic hydroxyl groups is 1. The number of nitrogens with zero attached hydrogens (tertiary/aromatic N) is 1. The van der Waals surface area contributed by atoms with Crippen LogP contribution in [0.4, 0.5) is 11.4 Å². The number of imide groups is 1. The Labute approximate surface area is 161 Å². The van der Waals surface area contributed by atoms with Crippen molar-refractivity contribution in [3.8, 4) is 0 Å². The summed E-state index contributed by atoms with van der Waals surface area (Å²) in [5.74, 6) is -2.22. The maximum Gasteiger partial charge on any atom is 0.335 e. The Balaban J connectivity index is 1.84. The Morgan fingerprint density at radius 1 is 1.04 bits per heavy atom. The van der Waals surface area contributed by atoms with E-state index >= 15 is 0 Å². The van der Waals surface area contributed by atoms with Crippen LogP contribution in [0.25, 0.3) is 0 Å². The van der Waals surface area contributed by atoms with Gasteiger partial charge in [0.05, 0.1) is 30.1 Å². The number of amides is 2. The molecule has 2 aromatic rings. The third-order valence-electron chi connectivity index (χ3n) is 4.19. The second kappa shape index (κ2) is 8.36. The molecule has 0 radical (unpaired) electrons. The van der Waals surface area contributed by atoms with Crippen molar-refractivity contribution < 1.29 is 24.6 Å². The maximum atomic E-state index is 12.3. The van der Waals surface area contributed by atoms with Gasteiger partial charge < -0.3 is 20.8 Å². The van der Waals surface area contributed by atoms with Crippen LogP contribution in [0.1, 0.15) is 15.9 Å². The maximum absolute atomic E-state index is 12.3. The van der Waals surface area contributed by atoms with Gasteiger partial charge in [-0.3, -0.25) is 14.5 Å². The van der Waals surface area contributed by atoms with Gasteiger partial charge in [0.15, 0.2) is 0 Å². The summed E-state index contributed by atoms with van der Waals surface area (Å²) in [6.07, 6.45) is 1.13. The van der Waals surface area contributed by atoms with Gasteiger partial charge in [-0.2, -0.15) is 0 Å². The van der Waals surface area contributed by atoms with Crippen molar-refractivity contribution in [2.45, 2.75) is 6.54 Å². The third kappa shape index (κ3) is 4.18. The number of β-amino-alcohol motifs (C(OH)–C–C–N with tert-alkyl or cyclic N) is 1. The number of hydrogen-bond acceptors (Lipinski definition) is 6. The summed E-state index contributed by atoms with van der Waals surface area (Å²) in [4.78, 5) is 36.5. The minimum absolute atomic E-state index is 0.0174. The van der Waals surface area contributed by atoms with E-state index in [0.29, 0.717) is 17.9 Å². The van der Waals surface area contributed by atoms with Crippen LogP contribution < -0.4 is 10.6 Å². The molecule has 8 heteroatoms. The number of benzene rings is 2. The van der Waals surface area contributed by atoms with Gasteiger partial charge in [-0.1, -0.05) is 30.3 Å². The van der Waals surface area contributed by atoms with E-state index in [1.54, 1.807) is 6.07 Å². The Morgan fingerprint density at radius 2 is 1.79 bits per heavy atom. The molecule has 0 atom stereocenters. The van der Waals surface area contributed by atoms with Crippen molar-refractivity contribution in [2.75, 3.05) is 23.8 Å². The average Bonchev–Trinajstić information content (AvgIpc) is 2.95. The summed E-state index contributed by atoms with van der Waals surface area (Å²) in [6.45, 7) is 0.0507. The molecule has 2 aromatic carbocycles. The van der Waals surface area contributed by atoms with Crippen LogP contribution in [0.15, 0.2) is 60.3 Å². The molecular weight excluding hydrogens is 362 g/mol. The molecule has 0 saturated carbocycles. The molecule has 1 aliphatic rings. The van der Waals surface area contributed by atoms with Crippen molar-refractivity contribution in [1.82, 2.24) is 4.90 Å². The Morgan fingerprint density at radius 3 is 2.46 bits per heavy atom. The predicted molar refractivity (Wildman–Crippen MR) is 103 cm³/mol. The minimum Gasteiger partial charge on any atom is -0.478 e. The van der Waals surface area contributed by atoms with Gasteiger partial charge in [0, 0.05) is 12.6 Å². The number of carbonyl (C=O) groups excluding carboxylic acids is 2. The lowest BCUT2D eigenvalue weighted by atomic mass is 10.1. The van der Waals surface area contributed by atoms with Crippen molar-refractivity contribution in [1.29, 1.82) is 0 Å². The molecule has 1 heterocycles. The van der Waals surface area contributed by atoms with E-state index in [1.165, 1.54) is 12.1 Å². The molecule has 28 heavy (non-hydrogen) atoms. The molecule has 0 aromatic heterocycles. The molecule has 0 saturated heterocycles. The van der Waals surface area contributed by atoms with E-state index < -0.39 is 17.8 Å². The minimum atomic E-state index is -1.11. The molecule has 0 aliphatic carbocycles. The first-order valence-electron chi connectivity index (χ1n) is 8.60. The number of carboxylic acid groups (broad SMARTS) is 1. The lowest BCUT2D eigenvalue weighted by molar-refractivity contribution is -0.137. The van der Waals surface area contributed by atoms with E-state index in [-0.39, 0.29) is 24.4 Å². The van der Waals surface area contributed by atoms with Gasteiger partial charge in [0.2, 0.25) is 0 Å². The first kappa shape index (κ1) is 19.1. The quantitative estimate of drug-likeness (QED) is 0.514. The molecule has 1 aliphatic heterocycles. The zero-order valence-electron chi connectivity index (χ0n) is 14.9. The summed E-state index contributed by atoms with van der Waals surface area (Å²) in [5.41, 5.74) is 2.02. The Kier molecular flexibility index (Phi) is 5.71. The van der Waals surface area contributed by atoms with Crippen LogP contribution in [0.5, 0.6) is 0 Å². The SMILES string of the molecule is O=C(O)c1ccc(NCc2ccccc2)c(NC2=CC(=O)N(CCO)C2=O)c1. The number of anilines is 2. The zero-order valence-corrected chi connectivity index (χ0v) is 14.9. The smallest absolute Gasteiger partial charge is 0.335 e. The molecule has 0 unspecified atom stereocenters. The number of aromatic carboxylic acids is 1. The molecular formula is C20H19N3O5. The van der Waals surface area contributed by atoms with Crippen molar-refractivity contribution >= 4 is 29.2 Å². The number of nitrogens with one attached hydrogen (secondary N) is 2. The van der Waals surface area contributed by atoms with E-state index in [2.05, 4.69) is 10.6 Å². The monoisotopic (exact) mass is 381 g/mol. The molecule has 0 spiro atoms. The summed E-state index contributed by atoms with van der Waals surface area (Å²) in [6, 6.07) is 14.1. The summed E-state index contributed by atoms with van der Waals surface area (Å²) < 4.78 is 0. The highest BCUT2D eigenvalue weighted by atomic mass is 16.4. The van der Waals surface area contributed by atoms with Crippen LogP contribution >= 0.6 is 0 Å². The second-order valence-corrected chi connectivity index (χ2v) is 6.11. The van der Waals surface area contributed by atoms with Crippen LogP contribution in [-0.2, 0) is 16.1 Å². The highest BCUT2D eigenvalue weighted by molar-refractivity contribution is 6.17. The van der Waals surface area contributed by atoms with Crippen LogP contribution in [-0.4, -0.2) is 46.0 Å². The third-order valence-corrected chi connectivity index (χ3v) is 4.19. The fraction of sp³-hybridized carbons (Fsp3) is 0.150. The van der Waals surface area contributed by atoms with Crippen molar-refractivity contribution in [2.24, 2.45) is 0 Å². The largest absolute Gasteiger partial charge is 0.478 e. The molecule has 8 nitrogen and oxygen atoms in total. The summed E-state index contributed by atoms with van der Waals surface area (Å²) >= 11 is 0. The van der Waals surface area contributed by atoms with Crippen LogP contribution in [0.2, 0.25) is 0 Å². The van der Waals surface area contributed by atoms with Gasteiger partial charge in [-0.15, -0.1) is 0 Å². The average molecular weight is 381 g/mol. The molecule has 4 N–H and O–H groups in total. The van der Waals surface area contributed by atoms with E-state index in [9.17, 15) is 19.5 Å². The number of aliphatic hydroxyl groups excluding tert-OH is 1. The van der Waals surface area contributed by atoms with E-state index in [0.717, 1.165) is 16.5 Å². The van der Waals surface area contributed by atoms with Gasteiger partial charge in [0.1, 0.15) is 5.70 Å². The highest BCUT2D eigenvalue weighted by Crippen LogP contribution is 2.27. The van der Waals surface area contributed by atoms with Gasteiger partial charge in [0.25, 0.3) is 11.8 Å². The van der Waals surface area contributed by atoms with Gasteiger partial charge in [-0.25, -0.2) is 4.79 Å². The first-order chi connectivity index (χ1) is 13.5. The molecule has 144 valence electrons. The fourth-order valence-electron chi connectivity index (χ4n) is 2.78. The molecule has 0 fully saturated rings. The number of rotatable bonds is 8. The zero-order chi connectivity index (χ0) is 20.1. The van der Waals surface area contributed by atoms with Crippen molar-refractivity contribution in [3.05, 3.63) is 71.4 Å². The lowest BCUT2D eigenvalue weighted by Crippen LogP contribution is -2.34. The summed E-state index contributed by atoms with van der Waals surface area (Å²) in [7, 11) is 0.